The van der Waals surface area contributed by atoms with E-state index in [1.165, 1.54) is 12.1 Å². The summed E-state index contributed by atoms with van der Waals surface area (Å²) in [5.41, 5.74) is 5.62. The lowest BCUT2D eigenvalue weighted by molar-refractivity contribution is 0.196. The van der Waals surface area contributed by atoms with Crippen LogP contribution in [0, 0.1) is 11.5 Å². The molecule has 112 valence electrons. The van der Waals surface area contributed by atoms with Crippen LogP contribution in [0.4, 0.5) is 0 Å². The van der Waals surface area contributed by atoms with Gasteiger partial charge in [-0.25, -0.2) is 8.42 Å². The summed E-state index contributed by atoms with van der Waals surface area (Å²) in [6, 6.07) is 8.19. The molecule has 0 bridgehead atoms. The molecule has 1 aromatic rings. The first-order chi connectivity index (χ1) is 9.77. The van der Waals surface area contributed by atoms with Gasteiger partial charge in [0.25, 0.3) is 0 Å². The maximum atomic E-state index is 12.3. The maximum absolute atomic E-state index is 12.3. The number of hydrogen-bond acceptors (Lipinski definition) is 3. The molecule has 3 nitrogen and oxygen atoms in total. The quantitative estimate of drug-likeness (QED) is 0.362. The lowest BCUT2D eigenvalue weighted by Gasteiger charge is -2.07. The van der Waals surface area contributed by atoms with Gasteiger partial charge in [-0.3, -0.25) is 0 Å². The summed E-state index contributed by atoms with van der Waals surface area (Å²) in [7, 11) is -5.01. The average molecular weight is 320 g/mol. The topological polar surface area (TPSA) is 43.4 Å². The van der Waals surface area contributed by atoms with Gasteiger partial charge in [0.05, 0.1) is 11.5 Å². The molecule has 0 N–H and O–H groups in total. The van der Waals surface area contributed by atoms with Crippen molar-refractivity contribution < 1.29 is 13.2 Å². The van der Waals surface area contributed by atoms with Crippen molar-refractivity contribution in [2.24, 2.45) is 0 Å². The largest absolute Gasteiger partial charge is 0.363 e. The summed E-state index contributed by atoms with van der Waals surface area (Å²) in [6.45, 7) is 9.98. The Morgan fingerprint density at radius 1 is 1.24 bits per heavy atom. The van der Waals surface area contributed by atoms with Crippen molar-refractivity contribution in [3.63, 3.8) is 0 Å². The van der Waals surface area contributed by atoms with Crippen LogP contribution in [0.5, 0.6) is 0 Å². The fourth-order valence-corrected chi connectivity index (χ4v) is 3.29. The minimum Gasteiger partial charge on any atom is -0.363 e. The minimum atomic E-state index is -3.59. The van der Waals surface area contributed by atoms with Crippen molar-refractivity contribution in [2.75, 3.05) is 13.2 Å². The highest BCUT2D eigenvalue weighted by Crippen LogP contribution is 2.18. The van der Waals surface area contributed by atoms with Crippen LogP contribution < -0.4 is 0 Å². The van der Waals surface area contributed by atoms with Gasteiger partial charge in [-0.05, 0) is 12.1 Å². The van der Waals surface area contributed by atoms with Gasteiger partial charge in [0.1, 0.15) is 19.6 Å². The molecule has 0 saturated carbocycles. The Morgan fingerprint density at radius 3 is 2.38 bits per heavy atom. The van der Waals surface area contributed by atoms with Crippen molar-refractivity contribution in [3.8, 4) is 11.5 Å². The molecular weight excluding hydrogens is 300 g/mol. The second kappa shape index (κ2) is 7.44. The molecule has 0 radical (unpaired) electrons. The zero-order chi connectivity index (χ0) is 15.9. The van der Waals surface area contributed by atoms with E-state index in [0.717, 1.165) is 0 Å². The van der Waals surface area contributed by atoms with Crippen LogP contribution in [-0.2, 0) is 14.6 Å². The predicted molar refractivity (Wildman–Crippen MR) is 88.2 cm³/mol. The zero-order valence-corrected chi connectivity index (χ0v) is 14.5. The van der Waals surface area contributed by atoms with Crippen LogP contribution in [-0.4, -0.2) is 29.7 Å². The Bertz CT molecular complexity index is 683. The van der Waals surface area contributed by atoms with E-state index in [4.69, 9.17) is 4.74 Å². The third kappa shape index (κ3) is 5.74. The Kier molecular flexibility index (Phi) is 6.19. The van der Waals surface area contributed by atoms with Crippen molar-refractivity contribution in [3.05, 3.63) is 47.5 Å². The average Bonchev–Trinajstić information content (AvgIpc) is 2.42. The molecule has 0 heterocycles. The Morgan fingerprint density at radius 2 is 1.86 bits per heavy atom. The SMILES string of the molecule is C=C=C(COCC#C[Si](C)(C)C)S(=O)(=O)c1ccccc1. The highest BCUT2D eigenvalue weighted by molar-refractivity contribution is 7.95. The van der Waals surface area contributed by atoms with E-state index in [1.54, 1.807) is 18.2 Å². The molecule has 0 aliphatic carbocycles. The molecule has 0 amide bonds. The summed E-state index contributed by atoms with van der Waals surface area (Å²) in [6.07, 6.45) is 0. The van der Waals surface area contributed by atoms with Crippen LogP contribution in [0.2, 0.25) is 19.6 Å². The third-order valence-corrected chi connectivity index (χ3v) is 5.18. The molecular formula is C16H20O3SSi. The van der Waals surface area contributed by atoms with Gasteiger partial charge >= 0.3 is 0 Å². The summed E-state index contributed by atoms with van der Waals surface area (Å²) >= 11 is 0. The van der Waals surface area contributed by atoms with Crippen molar-refractivity contribution >= 4 is 17.9 Å². The molecule has 21 heavy (non-hydrogen) atoms. The van der Waals surface area contributed by atoms with E-state index in [-0.39, 0.29) is 23.0 Å². The van der Waals surface area contributed by atoms with Crippen molar-refractivity contribution in [1.82, 2.24) is 0 Å². The van der Waals surface area contributed by atoms with Crippen LogP contribution in [0.1, 0.15) is 0 Å². The Hall–Kier alpha value is -1.57. The Labute approximate surface area is 128 Å². The Balaban J connectivity index is 2.73. The van der Waals surface area contributed by atoms with E-state index in [1.807, 2.05) is 0 Å². The van der Waals surface area contributed by atoms with E-state index in [9.17, 15) is 8.42 Å². The van der Waals surface area contributed by atoms with Gasteiger partial charge < -0.3 is 4.74 Å². The number of hydrogen-bond donors (Lipinski definition) is 0. The summed E-state index contributed by atoms with van der Waals surface area (Å²) in [4.78, 5) is 0.247. The molecule has 0 atom stereocenters. The maximum Gasteiger partial charge on any atom is 0.212 e. The van der Waals surface area contributed by atoms with Gasteiger partial charge in [0.2, 0.25) is 9.84 Å². The fourth-order valence-electron chi connectivity index (χ4n) is 1.46. The predicted octanol–water partition coefficient (Wildman–Crippen LogP) is 3.03. The number of rotatable bonds is 5. The van der Waals surface area contributed by atoms with Gasteiger partial charge in [0.15, 0.2) is 0 Å². The first-order valence-corrected chi connectivity index (χ1v) is 11.5. The monoisotopic (exact) mass is 320 g/mol. The first kappa shape index (κ1) is 17.5. The standard InChI is InChI=1S/C16H20O3SSi/c1-5-15(14-19-12-9-13-21(2,3)4)20(17,18)16-10-7-6-8-11-16/h6-8,10-11H,1,12,14H2,2-4H3. The van der Waals surface area contributed by atoms with Crippen molar-refractivity contribution in [1.29, 1.82) is 0 Å². The van der Waals surface area contributed by atoms with E-state index >= 15 is 0 Å². The van der Waals surface area contributed by atoms with Crippen LogP contribution >= 0.6 is 0 Å². The molecule has 1 rings (SSSR count). The van der Waals surface area contributed by atoms with E-state index in [2.05, 4.69) is 43.4 Å². The van der Waals surface area contributed by atoms with Gasteiger partial charge in [-0.15, -0.1) is 11.3 Å². The highest BCUT2D eigenvalue weighted by Gasteiger charge is 2.20. The molecule has 0 aliphatic rings. The molecule has 0 saturated heterocycles. The second-order valence-electron chi connectivity index (χ2n) is 5.46. The third-order valence-electron chi connectivity index (χ3n) is 2.45. The van der Waals surface area contributed by atoms with E-state index < -0.39 is 17.9 Å². The van der Waals surface area contributed by atoms with Gasteiger partial charge in [-0.2, -0.15) is 0 Å². The van der Waals surface area contributed by atoms with Gasteiger partial charge in [-0.1, -0.05) is 50.3 Å². The molecule has 0 aliphatic heterocycles. The normalized spacial score (nSPS) is 11.2. The highest BCUT2D eigenvalue weighted by atomic mass is 32.2. The lowest BCUT2D eigenvalue weighted by Crippen LogP contribution is -2.17. The number of sulfone groups is 1. The van der Waals surface area contributed by atoms with Crippen LogP contribution in [0.15, 0.2) is 52.4 Å². The fraction of sp³-hybridized carbons (Fsp3) is 0.312. The molecule has 0 unspecified atom stereocenters. The molecule has 0 fully saturated rings. The molecule has 5 heteroatoms. The zero-order valence-electron chi connectivity index (χ0n) is 12.6. The molecule has 0 aromatic heterocycles. The second-order valence-corrected chi connectivity index (χ2v) is 12.2. The summed E-state index contributed by atoms with van der Waals surface area (Å²) in [5.74, 6) is 2.93. The number of ether oxygens (including phenoxy) is 1. The molecule has 0 spiro atoms. The van der Waals surface area contributed by atoms with Crippen molar-refractivity contribution in [2.45, 2.75) is 24.5 Å². The van der Waals surface area contributed by atoms with Gasteiger partial charge in [0, 0.05) is 0 Å². The summed E-state index contributed by atoms with van der Waals surface area (Å²) < 4.78 is 30.0. The lowest BCUT2D eigenvalue weighted by atomic mass is 10.4. The smallest absolute Gasteiger partial charge is 0.212 e. The van der Waals surface area contributed by atoms with Crippen LogP contribution in [0.3, 0.4) is 0 Å². The minimum absolute atomic E-state index is 0.0310. The number of benzene rings is 1. The van der Waals surface area contributed by atoms with Crippen LogP contribution in [0.25, 0.3) is 0 Å². The van der Waals surface area contributed by atoms with E-state index in [0.29, 0.717) is 0 Å². The first-order valence-electron chi connectivity index (χ1n) is 6.54. The summed E-state index contributed by atoms with van der Waals surface area (Å²) in [5, 5.41) is 0. The molecule has 1 aromatic carbocycles.